The fourth-order valence-electron chi connectivity index (χ4n) is 4.77. The van der Waals surface area contributed by atoms with E-state index in [1.165, 1.54) is 11.1 Å². The number of rotatable bonds is 3. The second kappa shape index (κ2) is 7.10. The van der Waals surface area contributed by atoms with Crippen molar-refractivity contribution in [2.75, 3.05) is 5.32 Å². The van der Waals surface area contributed by atoms with Gasteiger partial charge in [-0.1, -0.05) is 48.5 Å². The Hall–Kier alpha value is -3.92. The second-order valence-electron chi connectivity index (χ2n) is 8.16. The van der Waals surface area contributed by atoms with Gasteiger partial charge < -0.3 is 9.88 Å². The Morgan fingerprint density at radius 3 is 2.77 bits per heavy atom. The van der Waals surface area contributed by atoms with Gasteiger partial charge >= 0.3 is 0 Å². The Bertz CT molecular complexity index is 1440. The molecule has 2 aromatic heterocycles. The van der Waals surface area contributed by atoms with Crippen LogP contribution in [0.3, 0.4) is 0 Å². The molecule has 4 heteroatoms. The molecule has 0 unspecified atom stereocenters. The third kappa shape index (κ3) is 3.08. The highest BCUT2D eigenvalue weighted by molar-refractivity contribution is 6.06. The second-order valence-corrected chi connectivity index (χ2v) is 8.16. The summed E-state index contributed by atoms with van der Waals surface area (Å²) < 4.78 is 2.30. The smallest absolute Gasteiger partial charge is 0.225 e. The van der Waals surface area contributed by atoms with Crippen LogP contribution in [0.4, 0.5) is 5.69 Å². The number of aromatic nitrogens is 2. The van der Waals surface area contributed by atoms with Crippen LogP contribution in [0.1, 0.15) is 29.0 Å². The summed E-state index contributed by atoms with van der Waals surface area (Å²) in [5, 5.41) is 5.37. The SMILES string of the molecule is O=C1C[C@@H](c2ccc3ncccc3c2)c2cn(Cc3ccccc3)c3cccc(c23)N1. The van der Waals surface area contributed by atoms with E-state index >= 15 is 0 Å². The van der Waals surface area contributed by atoms with Crippen molar-refractivity contribution in [1.82, 2.24) is 9.55 Å². The largest absolute Gasteiger partial charge is 0.343 e. The Morgan fingerprint density at radius 2 is 1.87 bits per heavy atom. The lowest BCUT2D eigenvalue weighted by Gasteiger charge is -2.15. The predicted octanol–water partition coefficient (Wildman–Crippen LogP) is 5.71. The number of pyridine rings is 1. The van der Waals surface area contributed by atoms with Crippen LogP contribution in [0.2, 0.25) is 0 Å². The minimum atomic E-state index is -0.00669. The Morgan fingerprint density at radius 1 is 0.968 bits per heavy atom. The van der Waals surface area contributed by atoms with Crippen molar-refractivity contribution in [3.63, 3.8) is 0 Å². The molecule has 0 aliphatic carbocycles. The topological polar surface area (TPSA) is 46.9 Å². The minimum Gasteiger partial charge on any atom is -0.343 e. The highest BCUT2D eigenvalue weighted by atomic mass is 16.1. The number of hydrogen-bond acceptors (Lipinski definition) is 2. The van der Waals surface area contributed by atoms with Crippen molar-refractivity contribution in [2.45, 2.75) is 18.9 Å². The first-order chi connectivity index (χ1) is 15.3. The van der Waals surface area contributed by atoms with Gasteiger partial charge in [-0.15, -0.1) is 0 Å². The van der Waals surface area contributed by atoms with E-state index in [0.717, 1.165) is 39.6 Å². The molecule has 0 spiro atoms. The Labute approximate surface area is 180 Å². The molecule has 5 aromatic rings. The van der Waals surface area contributed by atoms with E-state index in [1.807, 2.05) is 30.5 Å². The number of nitrogens with one attached hydrogen (secondary N) is 1. The molecule has 1 aliphatic rings. The van der Waals surface area contributed by atoms with Gasteiger partial charge in [0, 0.05) is 42.0 Å². The molecule has 6 rings (SSSR count). The number of carbonyl (C=O) groups is 1. The first-order valence-corrected chi connectivity index (χ1v) is 10.6. The van der Waals surface area contributed by atoms with Gasteiger partial charge in [-0.05, 0) is 47.0 Å². The average molecular weight is 403 g/mol. The van der Waals surface area contributed by atoms with Crippen molar-refractivity contribution < 1.29 is 4.79 Å². The molecule has 1 atom stereocenters. The molecule has 1 N–H and O–H groups in total. The van der Waals surface area contributed by atoms with Crippen LogP contribution in [0.5, 0.6) is 0 Å². The van der Waals surface area contributed by atoms with Gasteiger partial charge in [0.2, 0.25) is 5.91 Å². The maximum absolute atomic E-state index is 12.8. The summed E-state index contributed by atoms with van der Waals surface area (Å²) in [6, 6.07) is 27.0. The van der Waals surface area contributed by atoms with Gasteiger partial charge in [0.1, 0.15) is 0 Å². The zero-order valence-electron chi connectivity index (χ0n) is 17.0. The molecule has 150 valence electrons. The van der Waals surface area contributed by atoms with Crippen molar-refractivity contribution in [3.05, 3.63) is 108 Å². The monoisotopic (exact) mass is 403 g/mol. The summed E-state index contributed by atoms with van der Waals surface area (Å²) in [6.45, 7) is 0.795. The molecule has 0 bridgehead atoms. The number of benzene rings is 3. The molecule has 31 heavy (non-hydrogen) atoms. The number of hydrogen-bond donors (Lipinski definition) is 1. The molecular formula is C27H21N3O. The third-order valence-electron chi connectivity index (χ3n) is 6.20. The van der Waals surface area contributed by atoms with E-state index in [9.17, 15) is 4.79 Å². The van der Waals surface area contributed by atoms with Crippen LogP contribution >= 0.6 is 0 Å². The number of amides is 1. The zero-order chi connectivity index (χ0) is 20.8. The fraction of sp³-hybridized carbons (Fsp3) is 0.111. The van der Waals surface area contributed by atoms with Gasteiger partial charge in [0.25, 0.3) is 0 Å². The molecule has 0 saturated heterocycles. The highest BCUT2D eigenvalue weighted by Crippen LogP contribution is 2.41. The molecule has 1 aliphatic heterocycles. The van der Waals surface area contributed by atoms with E-state index in [0.29, 0.717) is 6.42 Å². The van der Waals surface area contributed by atoms with E-state index in [2.05, 4.69) is 75.7 Å². The van der Waals surface area contributed by atoms with Crippen LogP contribution in [0.15, 0.2) is 91.3 Å². The van der Waals surface area contributed by atoms with Gasteiger partial charge in [0.15, 0.2) is 0 Å². The lowest BCUT2D eigenvalue weighted by molar-refractivity contribution is -0.116. The van der Waals surface area contributed by atoms with E-state index in [4.69, 9.17) is 0 Å². The molecule has 4 nitrogen and oxygen atoms in total. The Balaban J connectivity index is 1.54. The van der Waals surface area contributed by atoms with Crippen molar-refractivity contribution in [1.29, 1.82) is 0 Å². The quantitative estimate of drug-likeness (QED) is 0.419. The summed E-state index contributed by atoms with van der Waals surface area (Å²) in [5.74, 6) is 0.0439. The average Bonchev–Trinajstić information content (AvgIpc) is 3.09. The zero-order valence-corrected chi connectivity index (χ0v) is 17.0. The van der Waals surface area contributed by atoms with Crippen molar-refractivity contribution in [3.8, 4) is 0 Å². The number of nitrogens with zero attached hydrogens (tertiary/aromatic N) is 2. The van der Waals surface area contributed by atoms with E-state index in [-0.39, 0.29) is 11.8 Å². The van der Waals surface area contributed by atoms with Gasteiger partial charge in [-0.25, -0.2) is 0 Å². The molecule has 0 radical (unpaired) electrons. The van der Waals surface area contributed by atoms with Gasteiger partial charge in [0.05, 0.1) is 16.7 Å². The molecule has 3 heterocycles. The predicted molar refractivity (Wildman–Crippen MR) is 124 cm³/mol. The molecule has 0 saturated carbocycles. The highest BCUT2D eigenvalue weighted by Gasteiger charge is 2.28. The summed E-state index contributed by atoms with van der Waals surface area (Å²) in [5.41, 5.74) is 6.61. The lowest BCUT2D eigenvalue weighted by atomic mass is 9.88. The van der Waals surface area contributed by atoms with E-state index in [1.54, 1.807) is 0 Å². The number of carbonyl (C=O) groups excluding carboxylic acids is 1. The van der Waals surface area contributed by atoms with Gasteiger partial charge in [-0.2, -0.15) is 0 Å². The number of fused-ring (bicyclic) bond motifs is 1. The van der Waals surface area contributed by atoms with Crippen LogP contribution in [-0.4, -0.2) is 15.5 Å². The van der Waals surface area contributed by atoms with Crippen LogP contribution in [-0.2, 0) is 11.3 Å². The maximum atomic E-state index is 12.8. The van der Waals surface area contributed by atoms with Crippen LogP contribution < -0.4 is 5.32 Å². The number of anilines is 1. The summed E-state index contributed by atoms with van der Waals surface area (Å²) >= 11 is 0. The minimum absolute atomic E-state index is 0.00669. The summed E-state index contributed by atoms with van der Waals surface area (Å²) in [4.78, 5) is 17.2. The maximum Gasteiger partial charge on any atom is 0.225 e. The summed E-state index contributed by atoms with van der Waals surface area (Å²) in [6.07, 6.45) is 4.47. The third-order valence-corrected chi connectivity index (χ3v) is 6.20. The first kappa shape index (κ1) is 17.9. The standard InChI is InChI=1S/C27H21N3O/c31-26-15-21(19-11-12-23-20(14-19)8-5-13-28-23)22-17-30(16-18-6-2-1-3-7-18)25-10-4-9-24(29-26)27(22)25/h1-14,17,21H,15-16H2,(H,29,31)/t21-/m0/s1. The fourth-order valence-corrected chi connectivity index (χ4v) is 4.77. The van der Waals surface area contributed by atoms with Crippen molar-refractivity contribution >= 4 is 33.4 Å². The van der Waals surface area contributed by atoms with Gasteiger partial charge in [-0.3, -0.25) is 9.78 Å². The summed E-state index contributed by atoms with van der Waals surface area (Å²) in [7, 11) is 0. The normalized spacial score (nSPS) is 15.7. The molecule has 0 fully saturated rings. The Kier molecular flexibility index (Phi) is 4.10. The molecule has 1 amide bonds. The lowest BCUT2D eigenvalue weighted by Crippen LogP contribution is -2.14. The van der Waals surface area contributed by atoms with Crippen LogP contribution in [0.25, 0.3) is 21.8 Å². The van der Waals surface area contributed by atoms with Crippen LogP contribution in [0, 0.1) is 0 Å². The molecular weight excluding hydrogens is 382 g/mol. The first-order valence-electron chi connectivity index (χ1n) is 10.6. The molecule has 3 aromatic carbocycles. The van der Waals surface area contributed by atoms with E-state index < -0.39 is 0 Å². The van der Waals surface area contributed by atoms with Crippen molar-refractivity contribution in [2.24, 2.45) is 0 Å².